The number of benzene rings is 2. The van der Waals surface area contributed by atoms with Crippen LogP contribution in [0.15, 0.2) is 36.4 Å². The van der Waals surface area contributed by atoms with Gasteiger partial charge in [-0.05, 0) is 87.1 Å². The predicted octanol–water partition coefficient (Wildman–Crippen LogP) is 10.1. The highest BCUT2D eigenvalue weighted by atomic mass is 16.2. The average molecular weight is 579 g/mol. The van der Waals surface area contributed by atoms with Gasteiger partial charge in [-0.2, -0.15) is 0 Å². The third-order valence-corrected chi connectivity index (χ3v) is 7.63. The Balaban J connectivity index is 1.27. The molecule has 2 aromatic rings. The Labute approximate surface area is 256 Å². The second-order valence-corrected chi connectivity index (χ2v) is 12.2. The van der Waals surface area contributed by atoms with Crippen LogP contribution >= 0.6 is 0 Å². The van der Waals surface area contributed by atoms with Crippen molar-refractivity contribution < 1.29 is 9.59 Å². The monoisotopic (exact) mass is 578 g/mol. The Hall–Kier alpha value is -3.02. The van der Waals surface area contributed by atoms with Crippen molar-refractivity contribution in [1.82, 2.24) is 10.6 Å². The van der Waals surface area contributed by atoms with E-state index < -0.39 is 0 Å². The molecule has 0 saturated heterocycles. The number of aryl methyl sites for hydroxylation is 4. The van der Waals surface area contributed by atoms with Crippen LogP contribution in [-0.4, -0.2) is 25.2 Å². The van der Waals surface area contributed by atoms with Crippen LogP contribution in [0.4, 0.5) is 21.0 Å². The summed E-state index contributed by atoms with van der Waals surface area (Å²) in [6.45, 7) is 9.65. The summed E-state index contributed by atoms with van der Waals surface area (Å²) in [6, 6.07) is 12.0. The summed E-state index contributed by atoms with van der Waals surface area (Å²) in [7, 11) is 0. The van der Waals surface area contributed by atoms with E-state index >= 15 is 0 Å². The van der Waals surface area contributed by atoms with Gasteiger partial charge in [0, 0.05) is 24.5 Å². The number of hydrogen-bond acceptors (Lipinski definition) is 2. The zero-order valence-corrected chi connectivity index (χ0v) is 27.0. The molecule has 0 aromatic heterocycles. The van der Waals surface area contributed by atoms with E-state index in [1.807, 2.05) is 52.0 Å². The normalized spacial score (nSPS) is 10.9. The summed E-state index contributed by atoms with van der Waals surface area (Å²) < 4.78 is 0. The van der Waals surface area contributed by atoms with E-state index in [1.54, 1.807) is 0 Å². The number of nitrogens with one attached hydrogen (secondary N) is 4. The van der Waals surface area contributed by atoms with E-state index in [2.05, 4.69) is 33.4 Å². The summed E-state index contributed by atoms with van der Waals surface area (Å²) in [5.74, 6) is 0. The first kappa shape index (κ1) is 35.2. The summed E-state index contributed by atoms with van der Waals surface area (Å²) in [5.41, 5.74) is 6.35. The molecule has 0 aliphatic rings. The largest absolute Gasteiger partial charge is 0.338 e. The van der Waals surface area contributed by atoms with E-state index in [0.29, 0.717) is 0 Å². The fraction of sp³-hybridized carbons (Fsp3) is 0.611. The molecule has 0 aliphatic heterocycles. The van der Waals surface area contributed by atoms with Crippen LogP contribution < -0.4 is 21.3 Å². The Bertz CT molecular complexity index is 929. The lowest BCUT2D eigenvalue weighted by atomic mass is 10.0. The van der Waals surface area contributed by atoms with Gasteiger partial charge in [-0.1, -0.05) is 102 Å². The van der Waals surface area contributed by atoms with Crippen molar-refractivity contribution in [3.63, 3.8) is 0 Å². The van der Waals surface area contributed by atoms with E-state index in [-0.39, 0.29) is 12.1 Å². The van der Waals surface area contributed by atoms with E-state index in [4.69, 9.17) is 0 Å². The first-order chi connectivity index (χ1) is 20.3. The lowest BCUT2D eigenvalue weighted by molar-refractivity contribution is 0.251. The maximum Gasteiger partial charge on any atom is 0.319 e. The number of unbranched alkanes of at least 4 members (excludes halogenated alkanes) is 15. The molecule has 2 rings (SSSR count). The molecule has 0 unspecified atom stereocenters. The molecule has 0 saturated carbocycles. The van der Waals surface area contributed by atoms with Crippen molar-refractivity contribution in [2.45, 2.75) is 130 Å². The number of carbonyl (C=O) groups is 2. The molecule has 234 valence electrons. The molecule has 42 heavy (non-hydrogen) atoms. The molecule has 4 amide bonds. The van der Waals surface area contributed by atoms with Gasteiger partial charge in [0.1, 0.15) is 0 Å². The highest BCUT2D eigenvalue weighted by Crippen LogP contribution is 2.16. The zero-order valence-electron chi connectivity index (χ0n) is 27.0. The smallest absolute Gasteiger partial charge is 0.319 e. The molecule has 0 fully saturated rings. The molecule has 0 heterocycles. The van der Waals surface area contributed by atoms with Crippen molar-refractivity contribution >= 4 is 23.4 Å². The van der Waals surface area contributed by atoms with Gasteiger partial charge in [0.25, 0.3) is 0 Å². The van der Waals surface area contributed by atoms with Crippen LogP contribution in [0, 0.1) is 27.7 Å². The quantitative estimate of drug-likeness (QED) is 0.111. The average Bonchev–Trinajstić information content (AvgIpc) is 2.90. The van der Waals surface area contributed by atoms with Gasteiger partial charge in [-0.25, -0.2) is 9.59 Å². The van der Waals surface area contributed by atoms with Crippen LogP contribution in [0.2, 0.25) is 0 Å². The Kier molecular flexibility index (Phi) is 18.1. The van der Waals surface area contributed by atoms with Gasteiger partial charge in [0.05, 0.1) is 0 Å². The minimum Gasteiger partial charge on any atom is -0.338 e. The van der Waals surface area contributed by atoms with Gasteiger partial charge in [-0.3, -0.25) is 0 Å². The number of amides is 4. The number of carbonyl (C=O) groups excluding carboxylic acids is 2. The Morgan fingerprint density at radius 3 is 0.905 bits per heavy atom. The van der Waals surface area contributed by atoms with Gasteiger partial charge in [-0.15, -0.1) is 0 Å². The molecule has 4 N–H and O–H groups in total. The standard InChI is InChI=1S/C36H58N4O2/c1-29-23-30(2)26-33(25-29)39-35(41)37-21-19-17-15-13-11-9-7-5-6-8-10-12-14-16-18-20-22-38-36(42)40-34-27-31(3)24-32(4)28-34/h23-28H,5-22H2,1-4H3,(H2,37,39,41)(H2,38,40,42). The van der Waals surface area contributed by atoms with Crippen LogP contribution in [0.25, 0.3) is 0 Å². The molecule has 0 atom stereocenters. The zero-order chi connectivity index (χ0) is 30.4. The Morgan fingerprint density at radius 2 is 0.643 bits per heavy atom. The first-order valence-corrected chi connectivity index (χ1v) is 16.6. The van der Waals surface area contributed by atoms with Crippen molar-refractivity contribution in [1.29, 1.82) is 0 Å². The molecule has 6 heteroatoms. The topological polar surface area (TPSA) is 82.3 Å². The summed E-state index contributed by atoms with van der Waals surface area (Å²) >= 11 is 0. The summed E-state index contributed by atoms with van der Waals surface area (Å²) in [5, 5.41) is 11.8. The number of rotatable bonds is 21. The summed E-state index contributed by atoms with van der Waals surface area (Å²) in [6.07, 6.45) is 20.4. The lowest BCUT2D eigenvalue weighted by Gasteiger charge is -2.09. The molecular formula is C36H58N4O2. The second-order valence-electron chi connectivity index (χ2n) is 12.2. The van der Waals surface area contributed by atoms with Gasteiger partial charge >= 0.3 is 12.1 Å². The number of hydrogen-bond donors (Lipinski definition) is 4. The number of urea groups is 2. The number of anilines is 2. The van der Waals surface area contributed by atoms with Gasteiger partial charge in [0.15, 0.2) is 0 Å². The molecule has 0 radical (unpaired) electrons. The van der Waals surface area contributed by atoms with Crippen LogP contribution in [0.1, 0.15) is 125 Å². The van der Waals surface area contributed by atoms with Crippen LogP contribution in [0.3, 0.4) is 0 Å². The molecule has 6 nitrogen and oxygen atoms in total. The van der Waals surface area contributed by atoms with E-state index in [0.717, 1.165) is 59.6 Å². The molecular weight excluding hydrogens is 520 g/mol. The van der Waals surface area contributed by atoms with E-state index in [9.17, 15) is 9.59 Å². The lowest BCUT2D eigenvalue weighted by Crippen LogP contribution is -2.29. The molecule has 0 bridgehead atoms. The van der Waals surface area contributed by atoms with Crippen molar-refractivity contribution in [3.05, 3.63) is 58.7 Å². The van der Waals surface area contributed by atoms with Crippen LogP contribution in [0.5, 0.6) is 0 Å². The Morgan fingerprint density at radius 1 is 0.405 bits per heavy atom. The first-order valence-electron chi connectivity index (χ1n) is 16.6. The highest BCUT2D eigenvalue weighted by Gasteiger charge is 2.04. The molecule has 0 spiro atoms. The van der Waals surface area contributed by atoms with Crippen molar-refractivity contribution in [2.75, 3.05) is 23.7 Å². The molecule has 2 aromatic carbocycles. The van der Waals surface area contributed by atoms with Gasteiger partial charge in [0.2, 0.25) is 0 Å². The SMILES string of the molecule is Cc1cc(C)cc(NC(=O)NCCCCCCCCCCCCCCCCCCNC(=O)Nc2cc(C)cc(C)c2)c1. The maximum atomic E-state index is 12.1. The van der Waals surface area contributed by atoms with Crippen LogP contribution in [-0.2, 0) is 0 Å². The molecule has 0 aliphatic carbocycles. The predicted molar refractivity (Wildman–Crippen MR) is 180 cm³/mol. The third-order valence-electron chi connectivity index (χ3n) is 7.63. The minimum absolute atomic E-state index is 0.111. The minimum atomic E-state index is -0.111. The highest BCUT2D eigenvalue weighted by molar-refractivity contribution is 5.90. The maximum absolute atomic E-state index is 12.1. The summed E-state index contributed by atoms with van der Waals surface area (Å²) in [4.78, 5) is 24.1. The third kappa shape index (κ3) is 17.7. The van der Waals surface area contributed by atoms with Crippen molar-refractivity contribution in [2.24, 2.45) is 0 Å². The van der Waals surface area contributed by atoms with Gasteiger partial charge < -0.3 is 21.3 Å². The van der Waals surface area contributed by atoms with E-state index in [1.165, 1.54) is 89.9 Å². The fourth-order valence-electron chi connectivity index (χ4n) is 5.57. The fourth-order valence-corrected chi connectivity index (χ4v) is 5.57. The van der Waals surface area contributed by atoms with Crippen molar-refractivity contribution in [3.8, 4) is 0 Å². The second kappa shape index (κ2) is 21.6.